The molecule has 0 aromatic rings. The lowest BCUT2D eigenvalue weighted by Gasteiger charge is -2.19. The highest BCUT2D eigenvalue weighted by Gasteiger charge is 2.36. The van der Waals surface area contributed by atoms with Crippen LogP contribution in [0.3, 0.4) is 0 Å². The van der Waals surface area contributed by atoms with Gasteiger partial charge in [-0.1, -0.05) is 13.3 Å². The van der Waals surface area contributed by atoms with Crippen LogP contribution in [0.1, 0.15) is 26.2 Å². The first kappa shape index (κ1) is 30.4. The van der Waals surface area contributed by atoms with Crippen LogP contribution in [-0.2, 0) is 33.3 Å². The van der Waals surface area contributed by atoms with Crippen molar-refractivity contribution in [3.05, 3.63) is 0 Å². The van der Waals surface area contributed by atoms with Gasteiger partial charge in [0.1, 0.15) is 5.92 Å². The molecule has 30 heavy (non-hydrogen) atoms. The monoisotopic (exact) mass is 442 g/mol. The molecule has 0 aromatic carbocycles. The highest BCUT2D eigenvalue weighted by Crippen LogP contribution is 2.14. The second-order valence-electron chi connectivity index (χ2n) is 5.81. The van der Waals surface area contributed by atoms with Gasteiger partial charge in [0.15, 0.2) is 6.10 Å². The van der Waals surface area contributed by atoms with E-state index in [1.165, 1.54) is 0 Å². The summed E-state index contributed by atoms with van der Waals surface area (Å²) in [6, 6.07) is 0. The number of carboxylic acids is 3. The van der Waals surface area contributed by atoms with E-state index in [0.717, 1.165) is 6.42 Å². The molecule has 0 aliphatic rings. The largest absolute Gasteiger partial charge is 0.481 e. The molecule has 12 heteroatoms. The summed E-state index contributed by atoms with van der Waals surface area (Å²) >= 11 is 0. The third kappa shape index (κ3) is 19.5. The van der Waals surface area contributed by atoms with Gasteiger partial charge in [0, 0.05) is 6.61 Å². The number of unbranched alkanes of at least 4 members (excludes halogenated alkanes) is 1. The number of ether oxygens (including phenoxy) is 4. The zero-order valence-corrected chi connectivity index (χ0v) is 17.2. The fourth-order valence-corrected chi connectivity index (χ4v) is 1.90. The maximum absolute atomic E-state index is 10.8. The van der Waals surface area contributed by atoms with Crippen molar-refractivity contribution in [2.45, 2.75) is 32.3 Å². The van der Waals surface area contributed by atoms with Crippen LogP contribution in [0.5, 0.6) is 0 Å². The van der Waals surface area contributed by atoms with Gasteiger partial charge in [0.2, 0.25) is 0 Å². The first-order valence-corrected chi connectivity index (χ1v) is 9.55. The van der Waals surface area contributed by atoms with E-state index in [-0.39, 0.29) is 19.8 Å². The fraction of sp³-hybridized carbons (Fsp3) is 0.833. The number of rotatable bonds is 19. The minimum absolute atomic E-state index is 0.0413. The van der Waals surface area contributed by atoms with Crippen molar-refractivity contribution in [3.63, 3.8) is 0 Å². The van der Waals surface area contributed by atoms with Crippen molar-refractivity contribution in [1.82, 2.24) is 0 Å². The molecule has 0 bridgehead atoms. The van der Waals surface area contributed by atoms with Gasteiger partial charge in [0.25, 0.3) is 0 Å². The van der Waals surface area contributed by atoms with E-state index in [4.69, 9.17) is 44.5 Å². The van der Waals surface area contributed by atoms with Crippen LogP contribution in [0.25, 0.3) is 0 Å². The lowest BCUT2D eigenvalue weighted by Crippen LogP contribution is -2.38. The van der Waals surface area contributed by atoms with Crippen LogP contribution < -0.4 is 0 Å². The second kappa shape index (κ2) is 21.9. The van der Waals surface area contributed by atoms with Gasteiger partial charge in [-0.2, -0.15) is 0 Å². The van der Waals surface area contributed by atoms with E-state index in [2.05, 4.69) is 0 Å². The SMILES string of the molecule is CCCCOC(C(=O)O)C(CC(=O)O)C(=O)O.OCCOCCOCCOCCO. The van der Waals surface area contributed by atoms with Crippen LogP contribution in [0.4, 0.5) is 0 Å². The Kier molecular flexibility index (Phi) is 22.1. The van der Waals surface area contributed by atoms with E-state index in [1.807, 2.05) is 6.92 Å². The minimum Gasteiger partial charge on any atom is -0.481 e. The highest BCUT2D eigenvalue weighted by atomic mass is 16.5. The molecule has 178 valence electrons. The molecule has 0 heterocycles. The van der Waals surface area contributed by atoms with E-state index < -0.39 is 36.4 Å². The van der Waals surface area contributed by atoms with Gasteiger partial charge >= 0.3 is 17.9 Å². The van der Waals surface area contributed by atoms with Crippen molar-refractivity contribution in [1.29, 1.82) is 0 Å². The van der Waals surface area contributed by atoms with Gasteiger partial charge in [-0.15, -0.1) is 0 Å². The Morgan fingerprint density at radius 2 is 1.20 bits per heavy atom. The second-order valence-corrected chi connectivity index (χ2v) is 5.81. The predicted octanol–water partition coefficient (Wildman–Crippen LogP) is -0.547. The molecule has 0 spiro atoms. The van der Waals surface area contributed by atoms with Crippen LogP contribution >= 0.6 is 0 Å². The maximum atomic E-state index is 10.8. The number of aliphatic hydroxyl groups excluding tert-OH is 2. The molecule has 2 unspecified atom stereocenters. The molecule has 0 amide bonds. The molecule has 0 aromatic heterocycles. The highest BCUT2D eigenvalue weighted by molar-refractivity contribution is 5.85. The third-order valence-electron chi connectivity index (χ3n) is 3.33. The molecular formula is C18H34O12. The molecule has 0 aliphatic carbocycles. The van der Waals surface area contributed by atoms with Crippen molar-refractivity contribution in [2.24, 2.45) is 5.92 Å². The molecule has 0 rings (SSSR count). The number of aliphatic carboxylic acids is 3. The first-order chi connectivity index (χ1) is 14.3. The molecule has 0 aliphatic heterocycles. The summed E-state index contributed by atoms with van der Waals surface area (Å²) in [4.78, 5) is 32.1. The summed E-state index contributed by atoms with van der Waals surface area (Å²) in [6.07, 6.45) is -1.06. The Morgan fingerprint density at radius 3 is 1.53 bits per heavy atom. The van der Waals surface area contributed by atoms with Gasteiger partial charge < -0.3 is 44.5 Å². The Bertz CT molecular complexity index is 433. The van der Waals surface area contributed by atoms with E-state index in [0.29, 0.717) is 46.1 Å². The van der Waals surface area contributed by atoms with Crippen molar-refractivity contribution >= 4 is 17.9 Å². The van der Waals surface area contributed by atoms with Crippen LogP contribution in [0, 0.1) is 5.92 Å². The molecule has 12 nitrogen and oxygen atoms in total. The van der Waals surface area contributed by atoms with E-state index >= 15 is 0 Å². The topological polar surface area (TPSA) is 189 Å². The molecule has 0 saturated heterocycles. The molecule has 2 atom stereocenters. The van der Waals surface area contributed by atoms with Crippen LogP contribution in [-0.4, -0.2) is 109 Å². The smallest absolute Gasteiger partial charge is 0.333 e. The lowest BCUT2D eigenvalue weighted by molar-refractivity contribution is -0.166. The third-order valence-corrected chi connectivity index (χ3v) is 3.33. The van der Waals surface area contributed by atoms with E-state index in [9.17, 15) is 14.4 Å². The zero-order chi connectivity index (χ0) is 23.2. The quantitative estimate of drug-likeness (QED) is 0.161. The van der Waals surface area contributed by atoms with E-state index in [1.54, 1.807) is 0 Å². The van der Waals surface area contributed by atoms with Gasteiger partial charge in [0.05, 0.1) is 59.3 Å². The number of carbonyl (C=O) groups is 3. The average Bonchev–Trinajstić information content (AvgIpc) is 2.68. The number of aliphatic hydroxyl groups is 2. The summed E-state index contributed by atoms with van der Waals surface area (Å²) in [5.41, 5.74) is 0. The van der Waals surface area contributed by atoms with Gasteiger partial charge in [-0.05, 0) is 6.42 Å². The Balaban J connectivity index is 0. The van der Waals surface area contributed by atoms with Crippen LogP contribution in [0.2, 0.25) is 0 Å². The number of hydrogen-bond donors (Lipinski definition) is 5. The Hall–Kier alpha value is -1.83. The maximum Gasteiger partial charge on any atom is 0.333 e. The predicted molar refractivity (Wildman–Crippen MR) is 102 cm³/mol. The fourth-order valence-electron chi connectivity index (χ4n) is 1.90. The molecule has 0 saturated carbocycles. The van der Waals surface area contributed by atoms with Gasteiger partial charge in [-0.3, -0.25) is 9.59 Å². The Labute approximate surface area is 175 Å². The van der Waals surface area contributed by atoms with Crippen molar-refractivity contribution in [2.75, 3.05) is 59.5 Å². The summed E-state index contributed by atoms with van der Waals surface area (Å²) < 4.78 is 19.9. The standard InChI is InChI=1S/C10H16O7.C8H18O5/c1-2-3-4-17-8(10(15)16)6(9(13)14)5-7(11)12;9-1-3-11-5-7-13-8-6-12-4-2-10/h6,8H,2-5H2,1H3,(H,11,12)(H,13,14)(H,15,16);9-10H,1-8H2. The van der Waals surface area contributed by atoms with Crippen molar-refractivity contribution in [3.8, 4) is 0 Å². The van der Waals surface area contributed by atoms with Crippen LogP contribution in [0.15, 0.2) is 0 Å². The summed E-state index contributed by atoms with van der Waals surface area (Å²) in [5.74, 6) is -5.91. The summed E-state index contributed by atoms with van der Waals surface area (Å²) in [6.45, 7) is 4.72. The van der Waals surface area contributed by atoms with Crippen molar-refractivity contribution < 1.29 is 58.9 Å². The zero-order valence-electron chi connectivity index (χ0n) is 17.2. The summed E-state index contributed by atoms with van der Waals surface area (Å²) in [5, 5.41) is 42.9. The normalized spacial score (nSPS) is 12.5. The molecule has 0 fully saturated rings. The minimum atomic E-state index is -1.63. The lowest BCUT2D eigenvalue weighted by atomic mass is 9.98. The summed E-state index contributed by atoms with van der Waals surface area (Å²) in [7, 11) is 0. The molecule has 5 N–H and O–H groups in total. The Morgan fingerprint density at radius 1 is 0.733 bits per heavy atom. The van der Waals surface area contributed by atoms with Gasteiger partial charge in [-0.25, -0.2) is 4.79 Å². The molecule has 0 radical (unpaired) electrons. The average molecular weight is 442 g/mol. The number of carboxylic acid groups (broad SMARTS) is 3. The number of hydrogen-bond acceptors (Lipinski definition) is 9. The molecular weight excluding hydrogens is 408 g/mol. The first-order valence-electron chi connectivity index (χ1n) is 9.55.